The zero-order valence-corrected chi connectivity index (χ0v) is 16.5. The van der Waals surface area contributed by atoms with Gasteiger partial charge in [-0.2, -0.15) is 0 Å². The zero-order chi connectivity index (χ0) is 19.0. The van der Waals surface area contributed by atoms with E-state index in [9.17, 15) is 4.79 Å². The summed E-state index contributed by atoms with van der Waals surface area (Å²) in [7, 11) is 0. The van der Waals surface area contributed by atoms with Gasteiger partial charge >= 0.3 is 0 Å². The summed E-state index contributed by atoms with van der Waals surface area (Å²) in [6.45, 7) is 8.05. The first-order valence-corrected chi connectivity index (χ1v) is 9.88. The molecule has 142 valence electrons. The van der Waals surface area contributed by atoms with Gasteiger partial charge in [0, 0.05) is 36.3 Å². The first-order chi connectivity index (χ1) is 12.9. The Morgan fingerprint density at radius 3 is 2.67 bits per heavy atom. The summed E-state index contributed by atoms with van der Waals surface area (Å²) >= 11 is 0. The number of fused-ring (bicyclic) bond motifs is 1. The predicted octanol–water partition coefficient (Wildman–Crippen LogP) is 3.69. The van der Waals surface area contributed by atoms with Crippen LogP contribution >= 0.6 is 0 Å². The smallest absolute Gasteiger partial charge is 0.224 e. The third-order valence-electron chi connectivity index (χ3n) is 5.19. The molecule has 1 aliphatic heterocycles. The summed E-state index contributed by atoms with van der Waals surface area (Å²) in [5.41, 5.74) is 3.53. The molecular formula is C22H28N4O. The molecule has 1 amide bonds. The number of amides is 1. The Bertz CT molecular complexity index is 841. The van der Waals surface area contributed by atoms with Crippen molar-refractivity contribution in [1.82, 2.24) is 14.9 Å². The maximum absolute atomic E-state index is 12.4. The number of rotatable bonds is 4. The molecule has 0 saturated carbocycles. The monoisotopic (exact) mass is 364 g/mol. The Morgan fingerprint density at radius 1 is 1.15 bits per heavy atom. The van der Waals surface area contributed by atoms with Crippen molar-refractivity contribution in [2.24, 2.45) is 5.41 Å². The van der Waals surface area contributed by atoms with Gasteiger partial charge in [0.1, 0.15) is 5.82 Å². The Kier molecular flexibility index (Phi) is 4.62. The minimum atomic E-state index is 0.112. The molecule has 1 fully saturated rings. The van der Waals surface area contributed by atoms with Gasteiger partial charge in [-0.15, -0.1) is 0 Å². The van der Waals surface area contributed by atoms with E-state index in [0.29, 0.717) is 6.42 Å². The highest BCUT2D eigenvalue weighted by molar-refractivity contribution is 5.80. The number of aryl methyl sites for hydroxylation is 1. The van der Waals surface area contributed by atoms with Gasteiger partial charge in [0.25, 0.3) is 0 Å². The molecule has 2 aliphatic rings. The lowest BCUT2D eigenvalue weighted by Crippen LogP contribution is -2.35. The van der Waals surface area contributed by atoms with Crippen LogP contribution in [0, 0.1) is 5.41 Å². The minimum absolute atomic E-state index is 0.112. The third-order valence-corrected chi connectivity index (χ3v) is 5.19. The number of likely N-dealkylation sites (tertiary alicyclic amines) is 1. The molecule has 1 atom stereocenters. The fourth-order valence-corrected chi connectivity index (χ4v) is 4.06. The molecule has 5 nitrogen and oxygen atoms in total. The molecule has 1 saturated heterocycles. The van der Waals surface area contributed by atoms with E-state index in [0.717, 1.165) is 55.3 Å². The van der Waals surface area contributed by atoms with E-state index in [-0.39, 0.29) is 17.4 Å². The molecule has 0 bridgehead atoms. The molecule has 5 heteroatoms. The van der Waals surface area contributed by atoms with Gasteiger partial charge in [0.2, 0.25) is 5.91 Å². The largest absolute Gasteiger partial charge is 0.365 e. The summed E-state index contributed by atoms with van der Waals surface area (Å²) in [5, 5.41) is 3.58. The van der Waals surface area contributed by atoms with Crippen LogP contribution in [0.15, 0.2) is 30.3 Å². The number of hydrogen-bond donors (Lipinski definition) is 1. The van der Waals surface area contributed by atoms with Crippen LogP contribution in [0.1, 0.15) is 44.9 Å². The Morgan fingerprint density at radius 2 is 1.93 bits per heavy atom. The lowest BCUT2D eigenvalue weighted by Gasteiger charge is -2.26. The van der Waals surface area contributed by atoms with Crippen molar-refractivity contribution in [3.63, 3.8) is 0 Å². The third kappa shape index (κ3) is 3.97. The van der Waals surface area contributed by atoms with E-state index >= 15 is 0 Å². The first kappa shape index (κ1) is 18.0. The second-order valence-corrected chi connectivity index (χ2v) is 8.92. The van der Waals surface area contributed by atoms with Crippen LogP contribution in [0.3, 0.4) is 0 Å². The second kappa shape index (κ2) is 6.95. The van der Waals surface area contributed by atoms with E-state index in [1.54, 1.807) is 0 Å². The van der Waals surface area contributed by atoms with Crippen molar-refractivity contribution in [3.05, 3.63) is 41.6 Å². The number of aromatic nitrogens is 2. The zero-order valence-electron chi connectivity index (χ0n) is 16.5. The van der Waals surface area contributed by atoms with Gasteiger partial charge < -0.3 is 10.2 Å². The summed E-state index contributed by atoms with van der Waals surface area (Å²) in [6.07, 6.45) is 3.68. The number of nitrogens with one attached hydrogen (secondary N) is 1. The minimum Gasteiger partial charge on any atom is -0.365 e. The number of anilines is 1. The molecular weight excluding hydrogens is 336 g/mol. The van der Waals surface area contributed by atoms with Crippen LogP contribution in [0.2, 0.25) is 0 Å². The second-order valence-electron chi connectivity index (χ2n) is 8.92. The molecule has 0 radical (unpaired) electrons. The van der Waals surface area contributed by atoms with Gasteiger partial charge in [-0.1, -0.05) is 51.1 Å². The SMILES string of the molecule is CC(C)(C)CN1CC(Nc2nc(-c3ccccc3)nc3c2CCC3)CC1=O. The van der Waals surface area contributed by atoms with E-state index < -0.39 is 0 Å². The molecule has 2 heterocycles. The number of carbonyl (C=O) groups is 1. The van der Waals surface area contributed by atoms with E-state index in [4.69, 9.17) is 9.97 Å². The molecule has 2 aromatic rings. The van der Waals surface area contributed by atoms with E-state index in [1.165, 1.54) is 5.56 Å². The van der Waals surface area contributed by atoms with Crippen LogP contribution in [-0.2, 0) is 17.6 Å². The molecule has 4 rings (SSSR count). The van der Waals surface area contributed by atoms with Gasteiger partial charge in [0.15, 0.2) is 5.82 Å². The fourth-order valence-electron chi connectivity index (χ4n) is 4.06. The molecule has 1 aromatic heterocycles. The van der Waals surface area contributed by atoms with Crippen LogP contribution in [0.25, 0.3) is 11.4 Å². The van der Waals surface area contributed by atoms with E-state index in [2.05, 4.69) is 26.1 Å². The lowest BCUT2D eigenvalue weighted by atomic mass is 9.96. The topological polar surface area (TPSA) is 58.1 Å². The molecule has 1 aliphatic carbocycles. The van der Waals surface area contributed by atoms with Gasteiger partial charge in [-0.3, -0.25) is 4.79 Å². The summed E-state index contributed by atoms with van der Waals surface area (Å²) in [5.74, 6) is 1.93. The molecule has 1 aromatic carbocycles. The highest BCUT2D eigenvalue weighted by atomic mass is 16.2. The normalized spacial score (nSPS) is 19.4. The van der Waals surface area contributed by atoms with Crippen LogP contribution < -0.4 is 5.32 Å². The average molecular weight is 364 g/mol. The molecule has 0 spiro atoms. The van der Waals surface area contributed by atoms with Gasteiger partial charge in [-0.25, -0.2) is 9.97 Å². The Hall–Kier alpha value is -2.43. The summed E-state index contributed by atoms with van der Waals surface area (Å²) < 4.78 is 0. The van der Waals surface area contributed by atoms with Gasteiger partial charge in [-0.05, 0) is 24.7 Å². The average Bonchev–Trinajstić information content (AvgIpc) is 3.21. The lowest BCUT2D eigenvalue weighted by molar-refractivity contribution is -0.128. The van der Waals surface area contributed by atoms with E-state index in [1.807, 2.05) is 35.2 Å². The quantitative estimate of drug-likeness (QED) is 0.899. The highest BCUT2D eigenvalue weighted by Crippen LogP contribution is 2.31. The molecule has 1 unspecified atom stereocenters. The predicted molar refractivity (Wildman–Crippen MR) is 108 cm³/mol. The first-order valence-electron chi connectivity index (χ1n) is 9.88. The number of benzene rings is 1. The molecule has 1 N–H and O–H groups in total. The fraction of sp³-hybridized carbons (Fsp3) is 0.500. The number of nitrogens with zero attached hydrogens (tertiary/aromatic N) is 3. The maximum Gasteiger partial charge on any atom is 0.224 e. The highest BCUT2D eigenvalue weighted by Gasteiger charge is 2.33. The maximum atomic E-state index is 12.4. The van der Waals surface area contributed by atoms with Crippen molar-refractivity contribution >= 4 is 11.7 Å². The molecule has 27 heavy (non-hydrogen) atoms. The summed E-state index contributed by atoms with van der Waals surface area (Å²) in [6, 6.07) is 10.2. The van der Waals surface area contributed by atoms with Crippen LogP contribution in [0.4, 0.5) is 5.82 Å². The Labute approximate surface area is 161 Å². The van der Waals surface area contributed by atoms with Gasteiger partial charge in [0.05, 0.1) is 6.04 Å². The van der Waals surface area contributed by atoms with Crippen molar-refractivity contribution in [3.8, 4) is 11.4 Å². The van der Waals surface area contributed by atoms with Crippen molar-refractivity contribution in [2.45, 2.75) is 52.5 Å². The van der Waals surface area contributed by atoms with Crippen LogP contribution in [0.5, 0.6) is 0 Å². The van der Waals surface area contributed by atoms with Crippen molar-refractivity contribution in [1.29, 1.82) is 0 Å². The van der Waals surface area contributed by atoms with Crippen LogP contribution in [-0.4, -0.2) is 39.9 Å². The number of hydrogen-bond acceptors (Lipinski definition) is 4. The summed E-state index contributed by atoms with van der Waals surface area (Å²) in [4.78, 5) is 24.1. The van der Waals surface area contributed by atoms with Crippen molar-refractivity contribution < 1.29 is 4.79 Å². The number of carbonyl (C=O) groups excluding carboxylic acids is 1. The standard InChI is InChI=1S/C22H28N4O/c1-22(2,3)14-26-13-16(12-19(26)27)23-21-17-10-7-11-18(17)24-20(25-21)15-8-5-4-6-9-15/h4-6,8-9,16H,7,10-14H2,1-3H3,(H,23,24,25). The Balaban J connectivity index is 1.57. The van der Waals surface area contributed by atoms with Crippen molar-refractivity contribution in [2.75, 3.05) is 18.4 Å².